The fourth-order valence-electron chi connectivity index (χ4n) is 5.98. The molecule has 0 radical (unpaired) electrons. The second kappa shape index (κ2) is 12.9. The van der Waals surface area contributed by atoms with E-state index >= 15 is 0 Å². The highest BCUT2D eigenvalue weighted by molar-refractivity contribution is 8.00. The Morgan fingerprint density at radius 1 is 1.07 bits per heavy atom. The van der Waals surface area contributed by atoms with Gasteiger partial charge in [-0.05, 0) is 51.3 Å². The predicted molar refractivity (Wildman–Crippen MR) is 173 cm³/mol. The van der Waals surface area contributed by atoms with E-state index in [4.69, 9.17) is 16.6 Å². The monoisotopic (exact) mass is 654 g/mol. The van der Waals surface area contributed by atoms with Crippen molar-refractivity contribution in [3.05, 3.63) is 62.5 Å². The number of hydrogen-bond acceptors (Lipinski definition) is 8. The van der Waals surface area contributed by atoms with Crippen LogP contribution in [0.4, 0.5) is 4.79 Å². The van der Waals surface area contributed by atoms with Crippen LogP contribution in [0.2, 0.25) is 5.02 Å². The van der Waals surface area contributed by atoms with Gasteiger partial charge >= 0.3 is 6.03 Å². The van der Waals surface area contributed by atoms with Gasteiger partial charge in [0.2, 0.25) is 11.8 Å². The SMILES string of the molecule is Cc1sc2c(c1C)C(c1ccc(Cl)cc1)=NC(CC(=O)NCNC(=O)CCCC[C@@H]1SCC3NC(=O)N[C@@H]31)c1nnc(C)n1-2. The summed E-state index contributed by atoms with van der Waals surface area (Å²) in [6, 6.07) is 7.27. The molecule has 5 heterocycles. The fourth-order valence-corrected chi connectivity index (χ4v) is 8.87. The number of aliphatic imine (C=N–C) groups is 1. The molecule has 4 amide bonds. The summed E-state index contributed by atoms with van der Waals surface area (Å²) in [5.74, 6) is 1.90. The minimum Gasteiger partial charge on any atom is -0.339 e. The zero-order valence-corrected chi connectivity index (χ0v) is 27.2. The number of unbranched alkanes of at least 4 members (excludes halogenated alkanes) is 1. The second-order valence-electron chi connectivity index (χ2n) is 11.4. The van der Waals surface area contributed by atoms with E-state index in [9.17, 15) is 14.4 Å². The minimum absolute atomic E-state index is 0.0371. The van der Waals surface area contributed by atoms with Crippen LogP contribution in [0, 0.1) is 20.8 Å². The first kappa shape index (κ1) is 30.6. The molecule has 2 saturated heterocycles. The third kappa shape index (κ3) is 6.22. The summed E-state index contributed by atoms with van der Waals surface area (Å²) < 4.78 is 2.01. The van der Waals surface area contributed by atoms with Gasteiger partial charge in [0.05, 0.1) is 30.9 Å². The lowest BCUT2D eigenvalue weighted by atomic mass is 9.99. The molecular weight excluding hydrogens is 620 g/mol. The van der Waals surface area contributed by atoms with Gasteiger partial charge in [0.25, 0.3) is 0 Å². The van der Waals surface area contributed by atoms with Gasteiger partial charge in [0.1, 0.15) is 16.9 Å². The topological polar surface area (TPSA) is 142 Å². The summed E-state index contributed by atoms with van der Waals surface area (Å²) in [6.45, 7) is 6.11. The van der Waals surface area contributed by atoms with Crippen molar-refractivity contribution in [1.29, 1.82) is 0 Å². The Hall–Kier alpha value is -3.42. The average molecular weight is 655 g/mol. The number of hydrogen-bond donors (Lipinski definition) is 4. The first-order chi connectivity index (χ1) is 21.2. The Labute approximate surface area is 269 Å². The molecule has 3 aromatic rings. The zero-order valence-electron chi connectivity index (χ0n) is 24.8. The molecule has 14 heteroatoms. The molecule has 3 aliphatic heterocycles. The van der Waals surface area contributed by atoms with Crippen molar-refractivity contribution in [2.45, 2.75) is 76.3 Å². The number of fused-ring (bicyclic) bond motifs is 4. The van der Waals surface area contributed by atoms with E-state index in [-0.39, 0.29) is 43.0 Å². The number of aromatic nitrogens is 3. The molecule has 0 bridgehead atoms. The van der Waals surface area contributed by atoms with E-state index in [2.05, 4.69) is 45.3 Å². The highest BCUT2D eigenvalue weighted by Crippen LogP contribution is 2.39. The second-order valence-corrected chi connectivity index (χ2v) is 14.3. The number of aryl methyl sites for hydroxylation is 2. The molecule has 2 unspecified atom stereocenters. The lowest BCUT2D eigenvalue weighted by Gasteiger charge is -2.16. The first-order valence-electron chi connectivity index (χ1n) is 14.8. The summed E-state index contributed by atoms with van der Waals surface area (Å²) in [4.78, 5) is 43.4. The van der Waals surface area contributed by atoms with Crippen LogP contribution in [-0.2, 0) is 9.59 Å². The van der Waals surface area contributed by atoms with Gasteiger partial charge in [0.15, 0.2) is 5.82 Å². The highest BCUT2D eigenvalue weighted by atomic mass is 35.5. The molecule has 3 aliphatic rings. The van der Waals surface area contributed by atoms with Crippen LogP contribution in [0.5, 0.6) is 0 Å². The van der Waals surface area contributed by atoms with Crippen molar-refractivity contribution in [2.24, 2.45) is 4.99 Å². The molecule has 0 saturated carbocycles. The molecule has 44 heavy (non-hydrogen) atoms. The molecule has 11 nitrogen and oxygen atoms in total. The lowest BCUT2D eigenvalue weighted by molar-refractivity contribution is -0.123. The molecule has 0 spiro atoms. The van der Waals surface area contributed by atoms with Crippen LogP contribution in [-0.4, -0.2) is 68.1 Å². The van der Waals surface area contributed by atoms with Crippen LogP contribution in [0.1, 0.15) is 71.4 Å². The lowest BCUT2D eigenvalue weighted by Crippen LogP contribution is -2.38. The van der Waals surface area contributed by atoms with E-state index in [1.54, 1.807) is 11.3 Å². The minimum atomic E-state index is -0.579. The average Bonchev–Trinajstić information content (AvgIpc) is 3.71. The normalized spacial score (nSPS) is 21.8. The number of carbonyl (C=O) groups is 3. The van der Waals surface area contributed by atoms with Crippen LogP contribution in [0.25, 0.3) is 5.00 Å². The molecule has 1 aromatic carbocycles. The van der Waals surface area contributed by atoms with Crippen LogP contribution < -0.4 is 21.3 Å². The van der Waals surface area contributed by atoms with E-state index in [0.29, 0.717) is 22.5 Å². The van der Waals surface area contributed by atoms with Gasteiger partial charge in [-0.2, -0.15) is 11.8 Å². The molecule has 6 rings (SSSR count). The highest BCUT2D eigenvalue weighted by Gasteiger charge is 2.42. The van der Waals surface area contributed by atoms with E-state index in [1.165, 1.54) is 4.88 Å². The Bertz CT molecular complexity index is 1620. The molecule has 2 fully saturated rings. The fraction of sp³-hybridized carbons (Fsp3) is 0.467. The molecule has 2 aromatic heterocycles. The van der Waals surface area contributed by atoms with E-state index < -0.39 is 6.04 Å². The van der Waals surface area contributed by atoms with Gasteiger partial charge in [-0.25, -0.2) is 4.79 Å². The summed E-state index contributed by atoms with van der Waals surface area (Å²) in [7, 11) is 0. The third-order valence-electron chi connectivity index (χ3n) is 8.39. The standard InChI is InChI=1S/C30H35ClN8O3S2/c1-15-16(2)44-29-25(15)26(18-8-10-19(31)11-9-18)34-20(28-38-37-17(3)39(28)29)12-24(41)33-14-32-23(40)7-5-4-6-22-27-21(13-43-22)35-30(42)36-27/h8-11,20-22,27H,4-7,12-14H2,1-3H3,(H,32,40)(H,33,41)(H2,35,36,42)/t20?,21?,22-,27-/m0/s1. The quantitative estimate of drug-likeness (QED) is 0.147. The Kier molecular flexibility index (Phi) is 8.97. The Balaban J connectivity index is 1.06. The molecule has 4 N–H and O–H groups in total. The maximum Gasteiger partial charge on any atom is 0.315 e. The zero-order chi connectivity index (χ0) is 31.0. The first-order valence-corrected chi connectivity index (χ1v) is 17.0. The number of carbonyl (C=O) groups excluding carboxylic acids is 3. The predicted octanol–water partition coefficient (Wildman–Crippen LogP) is 4.11. The molecule has 0 aliphatic carbocycles. The molecular formula is C30H35ClN8O3S2. The number of amides is 4. The van der Waals surface area contributed by atoms with Gasteiger partial charge in [0, 0.05) is 38.5 Å². The van der Waals surface area contributed by atoms with Crippen molar-refractivity contribution in [3.8, 4) is 5.00 Å². The number of halogens is 1. The molecule has 232 valence electrons. The van der Waals surface area contributed by atoms with Crippen molar-refractivity contribution in [3.63, 3.8) is 0 Å². The number of thiophene rings is 1. The number of rotatable bonds is 10. The summed E-state index contributed by atoms with van der Waals surface area (Å²) in [5, 5.41) is 22.3. The summed E-state index contributed by atoms with van der Waals surface area (Å²) >= 11 is 9.72. The van der Waals surface area contributed by atoms with Gasteiger partial charge in [-0.3, -0.25) is 19.1 Å². The van der Waals surface area contributed by atoms with Gasteiger partial charge in [-0.15, -0.1) is 21.5 Å². The van der Waals surface area contributed by atoms with Gasteiger partial charge in [-0.1, -0.05) is 30.2 Å². The van der Waals surface area contributed by atoms with Crippen molar-refractivity contribution >= 4 is 58.3 Å². The van der Waals surface area contributed by atoms with Gasteiger partial charge < -0.3 is 21.3 Å². The summed E-state index contributed by atoms with van der Waals surface area (Å²) in [5.41, 5.74) is 3.82. The van der Waals surface area contributed by atoms with Crippen molar-refractivity contribution < 1.29 is 14.4 Å². The van der Waals surface area contributed by atoms with Crippen LogP contribution >= 0.6 is 34.7 Å². The third-order valence-corrected chi connectivity index (χ3v) is 11.3. The number of thioether (sulfide) groups is 1. The molecule has 4 atom stereocenters. The number of urea groups is 1. The number of nitrogens with one attached hydrogen (secondary N) is 4. The summed E-state index contributed by atoms with van der Waals surface area (Å²) in [6.07, 6.45) is 3.03. The Morgan fingerprint density at radius 3 is 2.64 bits per heavy atom. The largest absolute Gasteiger partial charge is 0.339 e. The van der Waals surface area contributed by atoms with Crippen LogP contribution in [0.15, 0.2) is 29.3 Å². The number of benzene rings is 1. The van der Waals surface area contributed by atoms with E-state index in [0.717, 1.165) is 58.2 Å². The van der Waals surface area contributed by atoms with E-state index in [1.807, 2.05) is 47.5 Å². The van der Waals surface area contributed by atoms with Crippen molar-refractivity contribution in [2.75, 3.05) is 12.4 Å². The Morgan fingerprint density at radius 2 is 1.84 bits per heavy atom. The smallest absolute Gasteiger partial charge is 0.315 e. The maximum absolute atomic E-state index is 13.1. The van der Waals surface area contributed by atoms with Crippen molar-refractivity contribution in [1.82, 2.24) is 36.0 Å². The maximum atomic E-state index is 13.1. The number of nitrogens with zero attached hydrogens (tertiary/aromatic N) is 4. The van der Waals surface area contributed by atoms with Crippen LogP contribution in [0.3, 0.4) is 0 Å².